The van der Waals surface area contributed by atoms with Crippen molar-refractivity contribution in [3.63, 3.8) is 0 Å². The maximum absolute atomic E-state index is 12.0. The zero-order valence-electron chi connectivity index (χ0n) is 13.0. The number of carbonyl (C=O) groups excluding carboxylic acids is 2. The maximum Gasteiger partial charge on any atom is 0.260 e. The summed E-state index contributed by atoms with van der Waals surface area (Å²) >= 11 is 11.8. The quantitative estimate of drug-likeness (QED) is 0.850. The standard InChI is InChI=1S/C16H20Cl2N2O3/c1-11(23-14-5-4-12(17)10-13(14)18)16(22)19-7-6-15(21)20-8-2-3-9-20/h4-5,10-11H,2-3,6-9H2,1H3,(H,19,22). The van der Waals surface area contributed by atoms with Crippen LogP contribution in [0, 0.1) is 0 Å². The molecule has 7 heteroatoms. The summed E-state index contributed by atoms with van der Waals surface area (Å²) in [6.45, 7) is 3.57. The van der Waals surface area contributed by atoms with E-state index in [1.54, 1.807) is 25.1 Å². The van der Waals surface area contributed by atoms with Crippen molar-refractivity contribution in [2.45, 2.75) is 32.3 Å². The molecule has 1 heterocycles. The fraction of sp³-hybridized carbons (Fsp3) is 0.500. The summed E-state index contributed by atoms with van der Waals surface area (Å²) in [5.74, 6) is 0.189. The predicted octanol–water partition coefficient (Wildman–Crippen LogP) is 2.89. The van der Waals surface area contributed by atoms with Gasteiger partial charge >= 0.3 is 0 Å². The van der Waals surface area contributed by atoms with Crippen LogP contribution in [0.4, 0.5) is 0 Å². The maximum atomic E-state index is 12.0. The van der Waals surface area contributed by atoms with Gasteiger partial charge in [0.2, 0.25) is 5.91 Å². The fourth-order valence-corrected chi connectivity index (χ4v) is 2.83. The number of likely N-dealkylation sites (tertiary alicyclic amines) is 1. The lowest BCUT2D eigenvalue weighted by Crippen LogP contribution is -2.38. The second kappa shape index (κ2) is 8.41. The number of carbonyl (C=O) groups is 2. The normalized spacial score (nSPS) is 15.3. The molecule has 1 atom stereocenters. The average Bonchev–Trinajstić information content (AvgIpc) is 3.04. The Morgan fingerprint density at radius 1 is 1.30 bits per heavy atom. The van der Waals surface area contributed by atoms with Crippen LogP contribution in [0.2, 0.25) is 10.0 Å². The van der Waals surface area contributed by atoms with E-state index in [0.717, 1.165) is 25.9 Å². The van der Waals surface area contributed by atoms with E-state index in [1.165, 1.54) is 0 Å². The molecule has 0 radical (unpaired) electrons. The van der Waals surface area contributed by atoms with Crippen molar-refractivity contribution >= 4 is 35.0 Å². The zero-order chi connectivity index (χ0) is 16.8. The minimum atomic E-state index is -0.712. The molecule has 1 aromatic carbocycles. The van der Waals surface area contributed by atoms with Crippen molar-refractivity contribution in [3.8, 4) is 5.75 Å². The smallest absolute Gasteiger partial charge is 0.260 e. The second-order valence-corrected chi connectivity index (χ2v) is 6.31. The highest BCUT2D eigenvalue weighted by molar-refractivity contribution is 6.35. The summed E-state index contributed by atoms with van der Waals surface area (Å²) in [4.78, 5) is 25.7. The third kappa shape index (κ3) is 5.29. The molecule has 23 heavy (non-hydrogen) atoms. The lowest BCUT2D eigenvalue weighted by Gasteiger charge is -2.17. The molecule has 0 aliphatic carbocycles. The summed E-state index contributed by atoms with van der Waals surface area (Å²) < 4.78 is 5.52. The molecule has 5 nitrogen and oxygen atoms in total. The Labute approximate surface area is 145 Å². The summed E-state index contributed by atoms with van der Waals surface area (Å²) in [5.41, 5.74) is 0. The Kier molecular flexibility index (Phi) is 6.54. The van der Waals surface area contributed by atoms with Gasteiger partial charge in [-0.2, -0.15) is 0 Å². The van der Waals surface area contributed by atoms with Crippen LogP contribution in [-0.4, -0.2) is 42.5 Å². The van der Waals surface area contributed by atoms with Gasteiger partial charge in [-0.25, -0.2) is 0 Å². The van der Waals surface area contributed by atoms with Crippen LogP contribution in [0.1, 0.15) is 26.2 Å². The molecular weight excluding hydrogens is 339 g/mol. The van der Waals surface area contributed by atoms with Crippen LogP contribution >= 0.6 is 23.2 Å². The first-order valence-electron chi connectivity index (χ1n) is 7.64. The number of hydrogen-bond acceptors (Lipinski definition) is 3. The number of rotatable bonds is 6. The molecule has 1 aliphatic rings. The molecule has 1 unspecified atom stereocenters. The van der Waals surface area contributed by atoms with Gasteiger partial charge in [0.05, 0.1) is 5.02 Å². The number of benzene rings is 1. The molecule has 1 saturated heterocycles. The van der Waals surface area contributed by atoms with Gasteiger partial charge < -0.3 is 15.0 Å². The van der Waals surface area contributed by atoms with Gasteiger partial charge in [-0.3, -0.25) is 9.59 Å². The van der Waals surface area contributed by atoms with Gasteiger partial charge in [0.1, 0.15) is 5.75 Å². The molecule has 126 valence electrons. The number of halogens is 2. The Balaban J connectivity index is 1.75. The summed E-state index contributed by atoms with van der Waals surface area (Å²) in [6, 6.07) is 4.81. The average molecular weight is 359 g/mol. The van der Waals surface area contributed by atoms with Crippen LogP contribution in [0.15, 0.2) is 18.2 Å². The number of nitrogens with zero attached hydrogens (tertiary/aromatic N) is 1. The first-order chi connectivity index (χ1) is 11.0. The molecule has 0 aromatic heterocycles. The Morgan fingerprint density at radius 2 is 2.00 bits per heavy atom. The van der Waals surface area contributed by atoms with Crippen molar-refractivity contribution in [2.75, 3.05) is 19.6 Å². The highest BCUT2D eigenvalue weighted by atomic mass is 35.5. The lowest BCUT2D eigenvalue weighted by molar-refractivity contribution is -0.130. The Bertz CT molecular complexity index is 574. The molecule has 2 rings (SSSR count). The highest BCUT2D eigenvalue weighted by Crippen LogP contribution is 2.28. The van der Waals surface area contributed by atoms with Crippen molar-refractivity contribution in [3.05, 3.63) is 28.2 Å². The first-order valence-corrected chi connectivity index (χ1v) is 8.40. The van der Waals surface area contributed by atoms with E-state index in [4.69, 9.17) is 27.9 Å². The van der Waals surface area contributed by atoms with Gasteiger partial charge in [0.15, 0.2) is 6.10 Å². The molecule has 2 amide bonds. The van der Waals surface area contributed by atoms with Crippen LogP contribution in [0.25, 0.3) is 0 Å². The predicted molar refractivity (Wildman–Crippen MR) is 90.0 cm³/mol. The number of ether oxygens (including phenoxy) is 1. The van der Waals surface area contributed by atoms with E-state index < -0.39 is 6.10 Å². The van der Waals surface area contributed by atoms with Crippen LogP contribution in [0.3, 0.4) is 0 Å². The van der Waals surface area contributed by atoms with Crippen LogP contribution < -0.4 is 10.1 Å². The molecule has 1 aliphatic heterocycles. The zero-order valence-corrected chi connectivity index (χ0v) is 14.5. The van der Waals surface area contributed by atoms with Gasteiger partial charge in [-0.1, -0.05) is 23.2 Å². The number of hydrogen-bond donors (Lipinski definition) is 1. The first kappa shape index (κ1) is 17.9. The molecule has 1 N–H and O–H groups in total. The Morgan fingerprint density at radius 3 is 2.65 bits per heavy atom. The monoisotopic (exact) mass is 358 g/mol. The van der Waals surface area contributed by atoms with Crippen molar-refractivity contribution < 1.29 is 14.3 Å². The topological polar surface area (TPSA) is 58.6 Å². The third-order valence-corrected chi connectivity index (χ3v) is 4.19. The SMILES string of the molecule is CC(Oc1ccc(Cl)cc1Cl)C(=O)NCCC(=O)N1CCCC1. The van der Waals surface area contributed by atoms with E-state index in [1.807, 2.05) is 4.90 Å². The van der Waals surface area contributed by atoms with Crippen LogP contribution in [0.5, 0.6) is 5.75 Å². The minimum absolute atomic E-state index is 0.0807. The lowest BCUT2D eigenvalue weighted by atomic mass is 10.3. The van der Waals surface area contributed by atoms with Gasteiger partial charge in [-0.15, -0.1) is 0 Å². The third-order valence-electron chi connectivity index (χ3n) is 3.66. The van der Waals surface area contributed by atoms with Crippen molar-refractivity contribution in [2.24, 2.45) is 0 Å². The molecule has 1 fully saturated rings. The van der Waals surface area contributed by atoms with Crippen molar-refractivity contribution in [1.82, 2.24) is 10.2 Å². The van der Waals surface area contributed by atoms with Crippen LogP contribution in [-0.2, 0) is 9.59 Å². The summed E-state index contributed by atoms with van der Waals surface area (Å²) in [7, 11) is 0. The van der Waals surface area contributed by atoms with E-state index >= 15 is 0 Å². The van der Waals surface area contributed by atoms with Gasteiger partial charge in [-0.05, 0) is 38.0 Å². The molecule has 0 saturated carbocycles. The fourth-order valence-electron chi connectivity index (χ4n) is 2.38. The minimum Gasteiger partial charge on any atom is -0.479 e. The molecule has 0 spiro atoms. The Hall–Kier alpha value is -1.46. The van der Waals surface area contributed by atoms with Gasteiger partial charge in [0.25, 0.3) is 5.91 Å². The van der Waals surface area contributed by atoms with Gasteiger partial charge in [0, 0.05) is 31.1 Å². The molecular formula is C16H20Cl2N2O3. The van der Waals surface area contributed by atoms with E-state index in [0.29, 0.717) is 28.8 Å². The van der Waals surface area contributed by atoms with E-state index in [2.05, 4.69) is 5.32 Å². The summed E-state index contributed by atoms with van der Waals surface area (Å²) in [6.07, 6.45) is 1.71. The van der Waals surface area contributed by atoms with E-state index in [-0.39, 0.29) is 11.8 Å². The molecule has 1 aromatic rings. The number of amides is 2. The second-order valence-electron chi connectivity index (χ2n) is 5.46. The highest BCUT2D eigenvalue weighted by Gasteiger charge is 2.19. The van der Waals surface area contributed by atoms with E-state index in [9.17, 15) is 9.59 Å². The number of nitrogens with one attached hydrogen (secondary N) is 1. The summed E-state index contributed by atoms with van der Waals surface area (Å²) in [5, 5.41) is 3.56. The largest absolute Gasteiger partial charge is 0.479 e. The van der Waals surface area contributed by atoms with Crippen molar-refractivity contribution in [1.29, 1.82) is 0 Å². The molecule has 0 bridgehead atoms.